The molecule has 0 atom stereocenters. The summed E-state index contributed by atoms with van der Waals surface area (Å²) in [5, 5.41) is 17.4. The van der Waals surface area contributed by atoms with Crippen molar-refractivity contribution in [3.63, 3.8) is 0 Å². The van der Waals surface area contributed by atoms with Crippen molar-refractivity contribution in [2.45, 2.75) is 6.92 Å². The second kappa shape index (κ2) is 4.92. The van der Waals surface area contributed by atoms with Crippen LogP contribution in [0.3, 0.4) is 0 Å². The van der Waals surface area contributed by atoms with E-state index in [-0.39, 0.29) is 0 Å². The second-order valence-corrected chi connectivity index (χ2v) is 5.21. The van der Waals surface area contributed by atoms with Crippen LogP contribution in [0.15, 0.2) is 29.3 Å². The Morgan fingerprint density at radius 1 is 1.35 bits per heavy atom. The third kappa shape index (κ3) is 2.09. The minimum atomic E-state index is 0.440. The number of hydrogen-bond donors (Lipinski definition) is 1. The second-order valence-electron chi connectivity index (χ2n) is 4.77. The molecule has 0 bridgehead atoms. The van der Waals surface area contributed by atoms with Gasteiger partial charge < -0.3 is 0 Å². The van der Waals surface area contributed by atoms with Gasteiger partial charge in [-0.1, -0.05) is 23.7 Å². The van der Waals surface area contributed by atoms with Crippen molar-refractivity contribution in [2.75, 3.05) is 13.1 Å². The third-order valence-electron chi connectivity index (χ3n) is 3.36. The molecule has 1 aromatic heterocycles. The van der Waals surface area contributed by atoms with E-state index in [1.54, 1.807) is 4.68 Å². The Morgan fingerprint density at radius 3 is 2.90 bits per heavy atom. The van der Waals surface area contributed by atoms with Crippen LogP contribution >= 0.6 is 11.6 Å². The summed E-state index contributed by atoms with van der Waals surface area (Å²) in [5.41, 5.74) is 3.18. The molecule has 0 amide bonds. The molecule has 2 aromatic rings. The molecule has 0 fully saturated rings. The van der Waals surface area contributed by atoms with Crippen molar-refractivity contribution in [3.8, 4) is 0 Å². The van der Waals surface area contributed by atoms with E-state index in [9.17, 15) is 5.21 Å². The Hall–Kier alpha value is -1.85. The number of aryl methyl sites for hydroxylation is 2. The molecule has 1 aliphatic heterocycles. The average Bonchev–Trinajstić information content (AvgIpc) is 2.59. The summed E-state index contributed by atoms with van der Waals surface area (Å²) >= 11 is 6.07. The lowest BCUT2D eigenvalue weighted by Crippen LogP contribution is -2.34. The van der Waals surface area contributed by atoms with Gasteiger partial charge in [0.25, 0.3) is 0 Å². The minimum absolute atomic E-state index is 0.440. The quantitative estimate of drug-likeness (QED) is 0.848. The Bertz CT molecular complexity index is 781. The number of fused-ring (bicyclic) bond motifs is 1. The molecule has 5 nitrogen and oxygen atoms in total. The Kier molecular flexibility index (Phi) is 3.23. The Labute approximate surface area is 121 Å². The molecule has 1 aromatic carbocycles. The highest BCUT2D eigenvalue weighted by Gasteiger charge is 2.18. The van der Waals surface area contributed by atoms with Gasteiger partial charge in [0.15, 0.2) is 5.49 Å². The monoisotopic (exact) mass is 290 g/mol. The van der Waals surface area contributed by atoms with Gasteiger partial charge in [0, 0.05) is 17.6 Å². The largest absolute Gasteiger partial charge is 0.288 e. The number of nitrogens with zero attached hydrogens (tertiary/aromatic N) is 4. The summed E-state index contributed by atoms with van der Waals surface area (Å²) in [5.74, 6) is 0. The molecule has 0 unspecified atom stereocenters. The molecular formula is C14H15ClN4O. The van der Waals surface area contributed by atoms with Crippen LogP contribution in [0.2, 0.25) is 5.02 Å². The van der Waals surface area contributed by atoms with Gasteiger partial charge in [0.2, 0.25) is 0 Å². The summed E-state index contributed by atoms with van der Waals surface area (Å²) in [6, 6.07) is 7.44. The van der Waals surface area contributed by atoms with Crippen LogP contribution in [-0.4, -0.2) is 33.1 Å². The Morgan fingerprint density at radius 2 is 2.15 bits per heavy atom. The van der Waals surface area contributed by atoms with E-state index in [4.69, 9.17) is 11.6 Å². The summed E-state index contributed by atoms with van der Waals surface area (Å²) in [4.78, 5) is 4.50. The predicted molar refractivity (Wildman–Crippen MR) is 76.0 cm³/mol. The van der Waals surface area contributed by atoms with E-state index in [0.717, 1.165) is 22.0 Å². The number of halogens is 1. The number of rotatable bonds is 1. The number of hydroxylamine groups is 2. The molecule has 1 aliphatic rings. The molecule has 0 saturated carbocycles. The van der Waals surface area contributed by atoms with E-state index in [2.05, 4.69) is 10.1 Å². The van der Waals surface area contributed by atoms with Gasteiger partial charge >= 0.3 is 0 Å². The Balaban J connectivity index is 2.43. The molecule has 20 heavy (non-hydrogen) atoms. The van der Waals surface area contributed by atoms with Gasteiger partial charge in [-0.15, -0.1) is 0 Å². The summed E-state index contributed by atoms with van der Waals surface area (Å²) in [7, 11) is 1.86. The fourth-order valence-corrected chi connectivity index (χ4v) is 2.72. The first-order chi connectivity index (χ1) is 9.58. The fraction of sp³-hybridized carbons (Fsp3) is 0.286. The van der Waals surface area contributed by atoms with E-state index < -0.39 is 0 Å². The van der Waals surface area contributed by atoms with Crippen LogP contribution in [0.25, 0.3) is 5.70 Å². The van der Waals surface area contributed by atoms with Crippen molar-refractivity contribution < 1.29 is 5.21 Å². The van der Waals surface area contributed by atoms with Crippen molar-refractivity contribution in [2.24, 2.45) is 12.0 Å². The van der Waals surface area contributed by atoms with Crippen molar-refractivity contribution >= 4 is 17.3 Å². The maximum atomic E-state index is 10.3. The van der Waals surface area contributed by atoms with E-state index in [1.807, 2.05) is 38.2 Å². The van der Waals surface area contributed by atoms with E-state index in [0.29, 0.717) is 23.8 Å². The van der Waals surface area contributed by atoms with Crippen LogP contribution < -0.4 is 10.7 Å². The summed E-state index contributed by atoms with van der Waals surface area (Å²) in [6.07, 6.45) is 0. The fourth-order valence-electron chi connectivity index (χ4n) is 2.53. The van der Waals surface area contributed by atoms with Gasteiger partial charge in [-0.2, -0.15) is 5.10 Å². The lowest BCUT2D eigenvalue weighted by molar-refractivity contribution is -0.0240. The molecule has 2 heterocycles. The zero-order valence-corrected chi connectivity index (χ0v) is 12.1. The van der Waals surface area contributed by atoms with Crippen molar-refractivity contribution in [3.05, 3.63) is 51.3 Å². The van der Waals surface area contributed by atoms with E-state index >= 15 is 0 Å². The molecule has 6 heteroatoms. The van der Waals surface area contributed by atoms with Crippen LogP contribution in [0.4, 0.5) is 0 Å². The maximum absolute atomic E-state index is 10.3. The minimum Gasteiger partial charge on any atom is -0.288 e. The normalized spacial score (nSPS) is 14.8. The summed E-state index contributed by atoms with van der Waals surface area (Å²) < 4.78 is 1.74. The van der Waals surface area contributed by atoms with E-state index in [1.165, 1.54) is 5.06 Å². The van der Waals surface area contributed by atoms with Crippen LogP contribution in [-0.2, 0) is 7.05 Å². The van der Waals surface area contributed by atoms with Crippen LogP contribution in [0.5, 0.6) is 0 Å². The van der Waals surface area contributed by atoms with Gasteiger partial charge in [-0.25, -0.2) is 0 Å². The van der Waals surface area contributed by atoms with Crippen LogP contribution in [0.1, 0.15) is 11.3 Å². The highest BCUT2D eigenvalue weighted by atomic mass is 35.5. The maximum Gasteiger partial charge on any atom is 0.155 e. The third-order valence-corrected chi connectivity index (χ3v) is 3.59. The molecule has 3 rings (SSSR count). The highest BCUT2D eigenvalue weighted by Crippen LogP contribution is 2.19. The van der Waals surface area contributed by atoms with Gasteiger partial charge in [-0.05, 0) is 19.1 Å². The predicted octanol–water partition coefficient (Wildman–Crippen LogP) is 0.863. The number of aromatic nitrogens is 2. The zero-order chi connectivity index (χ0) is 14.3. The van der Waals surface area contributed by atoms with Gasteiger partial charge in [0.05, 0.1) is 29.7 Å². The first-order valence-corrected chi connectivity index (χ1v) is 6.76. The SMILES string of the molecule is Cc1nn(C)c2c1=C(c1cccc(Cl)c1)N(O)CCN=2. The lowest BCUT2D eigenvalue weighted by Gasteiger charge is -2.18. The smallest absolute Gasteiger partial charge is 0.155 e. The number of hydrogen-bond acceptors (Lipinski definition) is 4. The summed E-state index contributed by atoms with van der Waals surface area (Å²) in [6.45, 7) is 2.88. The molecule has 0 radical (unpaired) electrons. The zero-order valence-electron chi connectivity index (χ0n) is 11.3. The number of benzene rings is 1. The molecule has 1 N–H and O–H groups in total. The topological polar surface area (TPSA) is 53.7 Å². The van der Waals surface area contributed by atoms with Crippen molar-refractivity contribution in [1.82, 2.24) is 14.8 Å². The lowest BCUT2D eigenvalue weighted by atomic mass is 10.1. The van der Waals surface area contributed by atoms with Gasteiger partial charge in [-0.3, -0.25) is 19.9 Å². The highest BCUT2D eigenvalue weighted by molar-refractivity contribution is 6.30. The molecule has 0 saturated heterocycles. The standard InChI is InChI=1S/C14H15ClN4O/c1-9-12-13(10-4-3-5-11(15)8-10)19(20)7-6-16-14(12)18(2)17-9/h3-5,8,20H,6-7H2,1-2H3. The molecule has 0 aliphatic carbocycles. The first-order valence-electron chi connectivity index (χ1n) is 6.38. The van der Waals surface area contributed by atoms with Gasteiger partial charge in [0.1, 0.15) is 0 Å². The molecule has 0 spiro atoms. The molecular weight excluding hydrogens is 276 g/mol. The van der Waals surface area contributed by atoms with Crippen molar-refractivity contribution in [1.29, 1.82) is 0 Å². The first kappa shape index (κ1) is 13.1. The van der Waals surface area contributed by atoms with Crippen LogP contribution in [0, 0.1) is 6.92 Å². The molecule has 104 valence electrons. The average molecular weight is 291 g/mol.